The molecule has 0 spiro atoms. The van der Waals surface area contributed by atoms with Gasteiger partial charge in [0.05, 0.1) is 24.1 Å². The van der Waals surface area contributed by atoms with Gasteiger partial charge in [-0.15, -0.1) is 0 Å². The van der Waals surface area contributed by atoms with Crippen LogP contribution in [0.4, 0.5) is 0 Å². The van der Waals surface area contributed by atoms with E-state index in [2.05, 4.69) is 0 Å². The van der Waals surface area contributed by atoms with Crippen LogP contribution in [0, 0.1) is 5.92 Å². The van der Waals surface area contributed by atoms with Gasteiger partial charge in [-0.3, -0.25) is 14.5 Å². The SMILES string of the molecule is CN(C)C(=O)CN1CCN(C(=O)C2CCOCC2)[C@@H]2CS(=O)(=O)C[C@@H]21. The minimum atomic E-state index is -3.20. The lowest BCUT2D eigenvalue weighted by Crippen LogP contribution is -2.62. The maximum Gasteiger partial charge on any atom is 0.236 e. The lowest BCUT2D eigenvalue weighted by Gasteiger charge is -2.45. The number of hydrogen-bond acceptors (Lipinski definition) is 6. The van der Waals surface area contributed by atoms with Crippen LogP contribution in [0.1, 0.15) is 12.8 Å². The van der Waals surface area contributed by atoms with Gasteiger partial charge in [0, 0.05) is 52.4 Å². The highest BCUT2D eigenvalue weighted by Gasteiger charge is 2.49. The summed E-state index contributed by atoms with van der Waals surface area (Å²) < 4.78 is 29.8. The number of nitrogens with zero attached hydrogens (tertiary/aromatic N) is 3. The minimum absolute atomic E-state index is 0.000713. The van der Waals surface area contributed by atoms with E-state index in [1.807, 2.05) is 4.90 Å². The lowest BCUT2D eigenvalue weighted by molar-refractivity contribution is -0.145. The van der Waals surface area contributed by atoms with Crippen LogP contribution >= 0.6 is 0 Å². The predicted octanol–water partition coefficient (Wildman–Crippen LogP) is -1.19. The first-order valence-corrected chi connectivity index (χ1v) is 10.6. The minimum Gasteiger partial charge on any atom is -0.381 e. The normalized spacial score (nSPS) is 30.1. The number of fused-ring (bicyclic) bond motifs is 1. The molecule has 3 fully saturated rings. The summed E-state index contributed by atoms with van der Waals surface area (Å²) in [7, 11) is 0.181. The third-order valence-electron chi connectivity index (χ3n) is 5.48. The molecule has 9 heteroatoms. The summed E-state index contributed by atoms with van der Waals surface area (Å²) >= 11 is 0. The quantitative estimate of drug-likeness (QED) is 0.618. The van der Waals surface area contributed by atoms with Crippen molar-refractivity contribution in [3.63, 3.8) is 0 Å². The van der Waals surface area contributed by atoms with Gasteiger partial charge in [-0.1, -0.05) is 0 Å². The second-order valence-electron chi connectivity index (χ2n) is 7.39. The number of piperazine rings is 1. The Morgan fingerprint density at radius 1 is 1.08 bits per heavy atom. The number of amides is 2. The molecule has 0 bridgehead atoms. The molecule has 3 rings (SSSR count). The average Bonchev–Trinajstić information content (AvgIpc) is 2.90. The van der Waals surface area contributed by atoms with Crippen LogP contribution in [0.3, 0.4) is 0 Å². The van der Waals surface area contributed by atoms with Gasteiger partial charge in [0.15, 0.2) is 9.84 Å². The molecule has 3 saturated heterocycles. The monoisotopic (exact) mass is 373 g/mol. The van der Waals surface area contributed by atoms with E-state index in [0.29, 0.717) is 39.1 Å². The Morgan fingerprint density at radius 3 is 2.36 bits per heavy atom. The van der Waals surface area contributed by atoms with Crippen molar-refractivity contribution in [2.24, 2.45) is 5.92 Å². The first-order chi connectivity index (χ1) is 11.8. The van der Waals surface area contributed by atoms with Gasteiger partial charge in [0.25, 0.3) is 0 Å². The number of likely N-dealkylation sites (N-methyl/N-ethyl adjacent to an activating group) is 1. The molecule has 0 N–H and O–H groups in total. The molecule has 2 atom stereocenters. The average molecular weight is 373 g/mol. The van der Waals surface area contributed by atoms with Crippen LogP contribution in [-0.2, 0) is 24.2 Å². The molecular formula is C16H27N3O5S. The van der Waals surface area contributed by atoms with Gasteiger partial charge in [-0.2, -0.15) is 0 Å². The molecule has 0 aromatic carbocycles. The van der Waals surface area contributed by atoms with Crippen LogP contribution in [0.25, 0.3) is 0 Å². The van der Waals surface area contributed by atoms with E-state index in [9.17, 15) is 18.0 Å². The molecule has 0 radical (unpaired) electrons. The first kappa shape index (κ1) is 18.6. The Bertz CT molecular complexity index is 630. The van der Waals surface area contributed by atoms with Gasteiger partial charge < -0.3 is 14.5 Å². The van der Waals surface area contributed by atoms with Crippen molar-refractivity contribution in [2.45, 2.75) is 24.9 Å². The van der Waals surface area contributed by atoms with E-state index in [0.717, 1.165) is 0 Å². The number of carbonyl (C=O) groups excluding carboxylic acids is 2. The van der Waals surface area contributed by atoms with Crippen molar-refractivity contribution in [3.8, 4) is 0 Å². The van der Waals surface area contributed by atoms with Crippen LogP contribution in [-0.4, -0.2) is 105 Å². The van der Waals surface area contributed by atoms with E-state index in [1.54, 1.807) is 19.0 Å². The van der Waals surface area contributed by atoms with Crippen LogP contribution < -0.4 is 0 Å². The fourth-order valence-electron chi connectivity index (χ4n) is 3.99. The Morgan fingerprint density at radius 2 is 1.72 bits per heavy atom. The van der Waals surface area contributed by atoms with Gasteiger partial charge >= 0.3 is 0 Å². The number of carbonyl (C=O) groups is 2. The third kappa shape index (κ3) is 3.98. The molecule has 0 saturated carbocycles. The van der Waals surface area contributed by atoms with Gasteiger partial charge in [-0.05, 0) is 12.8 Å². The van der Waals surface area contributed by atoms with E-state index < -0.39 is 9.84 Å². The van der Waals surface area contributed by atoms with Crippen molar-refractivity contribution in [3.05, 3.63) is 0 Å². The van der Waals surface area contributed by atoms with E-state index in [4.69, 9.17) is 4.74 Å². The molecule has 8 nitrogen and oxygen atoms in total. The molecule has 0 aromatic rings. The van der Waals surface area contributed by atoms with Crippen molar-refractivity contribution >= 4 is 21.7 Å². The van der Waals surface area contributed by atoms with Crippen LogP contribution in [0.15, 0.2) is 0 Å². The zero-order valence-electron chi connectivity index (χ0n) is 14.9. The standard InChI is InChI=1S/C16H27N3O5S/c1-17(2)15(20)9-18-5-6-19(14-11-25(22,23)10-13(14)18)16(21)12-3-7-24-8-4-12/h12-14H,3-11H2,1-2H3/t13-,14+/m0/s1. The molecular weight excluding hydrogens is 346 g/mol. The molecule has 25 heavy (non-hydrogen) atoms. The molecule has 3 aliphatic rings. The molecule has 0 aromatic heterocycles. The number of ether oxygens (including phenoxy) is 1. The van der Waals surface area contributed by atoms with E-state index in [1.165, 1.54) is 4.90 Å². The predicted molar refractivity (Wildman–Crippen MR) is 91.8 cm³/mol. The summed E-state index contributed by atoms with van der Waals surface area (Å²) in [5.41, 5.74) is 0. The fraction of sp³-hybridized carbons (Fsp3) is 0.875. The van der Waals surface area contributed by atoms with Crippen LogP contribution in [0.2, 0.25) is 0 Å². The number of hydrogen-bond donors (Lipinski definition) is 0. The largest absolute Gasteiger partial charge is 0.381 e. The summed E-state index contributed by atoms with van der Waals surface area (Å²) in [5.74, 6) is -0.0521. The van der Waals surface area contributed by atoms with E-state index >= 15 is 0 Å². The Kier molecular flexibility index (Phi) is 5.36. The summed E-state index contributed by atoms with van der Waals surface area (Å²) in [4.78, 5) is 30.2. The van der Waals surface area contributed by atoms with Gasteiger partial charge in [0.2, 0.25) is 11.8 Å². The summed E-state index contributed by atoms with van der Waals surface area (Å²) in [6, 6.07) is -0.629. The fourth-order valence-corrected chi connectivity index (χ4v) is 6.00. The maximum absolute atomic E-state index is 12.9. The number of sulfone groups is 1. The molecule has 0 aliphatic carbocycles. The Balaban J connectivity index is 1.76. The highest BCUT2D eigenvalue weighted by molar-refractivity contribution is 7.91. The Hall–Kier alpha value is -1.19. The Labute approximate surface area is 149 Å². The summed E-state index contributed by atoms with van der Waals surface area (Å²) in [5, 5.41) is 0. The third-order valence-corrected chi connectivity index (χ3v) is 7.18. The van der Waals surface area contributed by atoms with E-state index in [-0.39, 0.29) is 47.9 Å². The maximum atomic E-state index is 12.9. The molecule has 0 unspecified atom stereocenters. The highest BCUT2D eigenvalue weighted by atomic mass is 32.2. The zero-order valence-corrected chi connectivity index (χ0v) is 15.7. The second-order valence-corrected chi connectivity index (χ2v) is 9.54. The van der Waals surface area contributed by atoms with Crippen molar-refractivity contribution in [1.29, 1.82) is 0 Å². The summed E-state index contributed by atoms with van der Waals surface area (Å²) in [6.07, 6.45) is 1.39. The second kappa shape index (κ2) is 7.20. The number of rotatable bonds is 3. The topological polar surface area (TPSA) is 87.2 Å². The zero-order chi connectivity index (χ0) is 18.2. The highest BCUT2D eigenvalue weighted by Crippen LogP contribution is 2.29. The molecule has 3 aliphatic heterocycles. The van der Waals surface area contributed by atoms with Gasteiger partial charge in [-0.25, -0.2) is 8.42 Å². The van der Waals surface area contributed by atoms with Crippen LogP contribution in [0.5, 0.6) is 0 Å². The van der Waals surface area contributed by atoms with Crippen molar-refractivity contribution in [2.75, 3.05) is 58.4 Å². The van der Waals surface area contributed by atoms with Crippen molar-refractivity contribution < 1.29 is 22.7 Å². The first-order valence-electron chi connectivity index (χ1n) is 8.81. The van der Waals surface area contributed by atoms with Crippen molar-refractivity contribution in [1.82, 2.24) is 14.7 Å². The van der Waals surface area contributed by atoms with Gasteiger partial charge in [0.1, 0.15) is 0 Å². The summed E-state index contributed by atoms with van der Waals surface area (Å²) in [6.45, 7) is 2.38. The smallest absolute Gasteiger partial charge is 0.236 e. The molecule has 3 heterocycles. The molecule has 142 valence electrons. The lowest BCUT2D eigenvalue weighted by atomic mass is 9.95. The molecule has 2 amide bonds.